The molecule has 0 saturated heterocycles. The van der Waals surface area contributed by atoms with Gasteiger partial charge >= 0.3 is 0 Å². The van der Waals surface area contributed by atoms with Crippen LogP contribution in [0.4, 0.5) is 0 Å². The first-order chi connectivity index (χ1) is 17.9. The number of aliphatic carboxylic acids is 1. The molecule has 0 atom stereocenters. The van der Waals surface area contributed by atoms with Crippen molar-refractivity contribution in [2.45, 2.75) is 84.7 Å². The standard InChI is InChI=1S/C31H41ClN2O3Si/c1-7-8-18-29-33-27(22-37-38(5,6)31(2,3)4)28(34(29)21-24-16-12-13-17-26(24)32)20-25(30(35)36)19-23-14-10-9-11-15-23/h9-17,20H,7-8,18-19,21-22H2,1-6H3,(H,35,36)/p-1/b25-20+. The molecule has 3 aromatic rings. The summed E-state index contributed by atoms with van der Waals surface area (Å²) >= 11 is 6.55. The maximum Gasteiger partial charge on any atom is 0.192 e. The second-order valence-electron chi connectivity index (χ2n) is 11.3. The van der Waals surface area contributed by atoms with Gasteiger partial charge in [0.15, 0.2) is 8.32 Å². The number of hydrogen-bond acceptors (Lipinski definition) is 4. The molecule has 38 heavy (non-hydrogen) atoms. The zero-order valence-corrected chi connectivity index (χ0v) is 25.3. The molecule has 0 unspecified atom stereocenters. The predicted molar refractivity (Wildman–Crippen MR) is 157 cm³/mol. The summed E-state index contributed by atoms with van der Waals surface area (Å²) in [4.78, 5) is 17.4. The van der Waals surface area contributed by atoms with Crippen molar-refractivity contribution < 1.29 is 14.3 Å². The number of aromatic nitrogens is 2. The molecular weight excluding hydrogens is 512 g/mol. The lowest BCUT2D eigenvalue weighted by Crippen LogP contribution is -2.40. The molecule has 0 saturated carbocycles. The Balaban J connectivity index is 2.15. The van der Waals surface area contributed by atoms with Gasteiger partial charge in [-0.25, -0.2) is 4.98 Å². The number of carboxylic acids is 1. The number of carbonyl (C=O) groups excluding carboxylic acids is 1. The van der Waals surface area contributed by atoms with Crippen LogP contribution in [0.3, 0.4) is 0 Å². The molecule has 0 aliphatic carbocycles. The summed E-state index contributed by atoms with van der Waals surface area (Å²) in [7, 11) is -2.07. The van der Waals surface area contributed by atoms with Crippen molar-refractivity contribution in [2.24, 2.45) is 0 Å². The molecule has 0 amide bonds. The first-order valence-corrected chi connectivity index (χ1v) is 16.6. The number of hydrogen-bond donors (Lipinski definition) is 0. The molecule has 0 aliphatic heterocycles. The minimum absolute atomic E-state index is 0.0393. The Morgan fingerprint density at radius 3 is 2.37 bits per heavy atom. The van der Waals surface area contributed by atoms with Gasteiger partial charge in [-0.3, -0.25) is 0 Å². The summed E-state index contributed by atoms with van der Waals surface area (Å²) in [5.74, 6) is -0.282. The molecule has 204 valence electrons. The maximum atomic E-state index is 12.3. The number of benzene rings is 2. The number of carbonyl (C=O) groups is 1. The Kier molecular flexibility index (Phi) is 10.2. The summed E-state index contributed by atoms with van der Waals surface area (Å²) in [6.07, 6.45) is 4.77. The van der Waals surface area contributed by atoms with E-state index in [0.29, 0.717) is 18.2 Å². The normalized spacial score (nSPS) is 12.7. The Morgan fingerprint density at radius 1 is 1.11 bits per heavy atom. The van der Waals surface area contributed by atoms with Crippen LogP contribution in [0.5, 0.6) is 0 Å². The molecule has 0 N–H and O–H groups in total. The second-order valence-corrected chi connectivity index (χ2v) is 16.5. The summed E-state index contributed by atoms with van der Waals surface area (Å²) < 4.78 is 8.68. The lowest BCUT2D eigenvalue weighted by molar-refractivity contribution is -0.299. The van der Waals surface area contributed by atoms with Crippen LogP contribution < -0.4 is 5.11 Å². The van der Waals surface area contributed by atoms with Gasteiger partial charge in [-0.15, -0.1) is 0 Å². The predicted octanol–water partition coefficient (Wildman–Crippen LogP) is 6.83. The van der Waals surface area contributed by atoms with Gasteiger partial charge in [-0.2, -0.15) is 0 Å². The van der Waals surface area contributed by atoms with E-state index in [2.05, 4.69) is 45.4 Å². The van der Waals surface area contributed by atoms with E-state index in [0.717, 1.165) is 47.6 Å². The van der Waals surface area contributed by atoms with Crippen molar-refractivity contribution in [1.82, 2.24) is 9.55 Å². The maximum absolute atomic E-state index is 12.3. The van der Waals surface area contributed by atoms with Crippen LogP contribution in [0.1, 0.15) is 68.9 Å². The van der Waals surface area contributed by atoms with E-state index < -0.39 is 14.3 Å². The van der Waals surface area contributed by atoms with Crippen LogP contribution in [-0.2, 0) is 35.2 Å². The van der Waals surface area contributed by atoms with Crippen LogP contribution in [0.25, 0.3) is 6.08 Å². The number of rotatable bonds is 12. The highest BCUT2D eigenvalue weighted by Crippen LogP contribution is 2.37. The highest BCUT2D eigenvalue weighted by molar-refractivity contribution is 6.74. The van der Waals surface area contributed by atoms with Gasteiger partial charge in [0.05, 0.1) is 30.5 Å². The quantitative estimate of drug-likeness (QED) is 0.183. The van der Waals surface area contributed by atoms with Gasteiger partial charge in [0.25, 0.3) is 0 Å². The van der Waals surface area contributed by atoms with E-state index in [9.17, 15) is 9.90 Å². The topological polar surface area (TPSA) is 67.2 Å². The molecule has 2 aromatic carbocycles. The fourth-order valence-electron chi connectivity index (χ4n) is 3.96. The van der Waals surface area contributed by atoms with Crippen molar-refractivity contribution >= 4 is 32.0 Å². The van der Waals surface area contributed by atoms with E-state index in [-0.39, 0.29) is 17.0 Å². The molecule has 3 rings (SSSR count). The summed E-state index contributed by atoms with van der Waals surface area (Å²) in [5, 5.41) is 13.0. The lowest BCUT2D eigenvalue weighted by Gasteiger charge is -2.36. The SMILES string of the molecule is CCCCc1nc(CO[Si](C)(C)C(C)(C)C)c(/C=C(\Cc2ccccc2)C(=O)[O-])n1Cc1ccccc1Cl. The van der Waals surface area contributed by atoms with Crippen LogP contribution >= 0.6 is 11.6 Å². The van der Waals surface area contributed by atoms with Crippen molar-refractivity contribution in [3.8, 4) is 0 Å². The zero-order chi connectivity index (χ0) is 27.9. The largest absolute Gasteiger partial charge is 0.545 e. The molecule has 0 aliphatic rings. The summed E-state index contributed by atoms with van der Waals surface area (Å²) in [5.41, 5.74) is 3.55. The average molecular weight is 552 g/mol. The van der Waals surface area contributed by atoms with Gasteiger partial charge in [0, 0.05) is 11.4 Å². The van der Waals surface area contributed by atoms with Gasteiger partial charge in [-0.05, 0) is 59.8 Å². The number of unbranched alkanes of at least 4 members (excludes halogenated alkanes) is 1. The Labute approximate surface area is 233 Å². The van der Waals surface area contributed by atoms with Gasteiger partial charge in [0.1, 0.15) is 5.82 Å². The number of imidazole rings is 1. The summed E-state index contributed by atoms with van der Waals surface area (Å²) in [6, 6.07) is 17.3. The van der Waals surface area contributed by atoms with Crippen molar-refractivity contribution in [1.29, 1.82) is 0 Å². The van der Waals surface area contributed by atoms with Crippen molar-refractivity contribution in [3.63, 3.8) is 0 Å². The van der Waals surface area contributed by atoms with E-state index in [4.69, 9.17) is 21.0 Å². The van der Waals surface area contributed by atoms with Crippen molar-refractivity contribution in [3.05, 3.63) is 93.5 Å². The smallest absolute Gasteiger partial charge is 0.192 e. The van der Waals surface area contributed by atoms with Crippen LogP contribution in [0.15, 0.2) is 60.2 Å². The highest BCUT2D eigenvalue weighted by atomic mass is 35.5. The first kappa shape index (κ1) is 29.9. The average Bonchev–Trinajstić information content (AvgIpc) is 3.18. The third kappa shape index (κ3) is 7.68. The third-order valence-corrected chi connectivity index (χ3v) is 12.2. The first-order valence-electron chi connectivity index (χ1n) is 13.3. The van der Waals surface area contributed by atoms with E-state index >= 15 is 0 Å². The van der Waals surface area contributed by atoms with Gasteiger partial charge < -0.3 is 18.9 Å². The number of nitrogens with zero attached hydrogens (tertiary/aromatic N) is 2. The third-order valence-electron chi connectivity index (χ3n) is 7.39. The van der Waals surface area contributed by atoms with E-state index in [1.807, 2.05) is 54.6 Å². The van der Waals surface area contributed by atoms with Crippen molar-refractivity contribution in [2.75, 3.05) is 0 Å². The summed E-state index contributed by atoms with van der Waals surface area (Å²) in [6.45, 7) is 14.0. The lowest BCUT2D eigenvalue weighted by atomic mass is 10.0. The molecule has 5 nitrogen and oxygen atoms in total. The molecule has 0 spiro atoms. The minimum atomic E-state index is -2.07. The van der Waals surface area contributed by atoms with Gasteiger partial charge in [0.2, 0.25) is 0 Å². The number of carboxylic acid groups (broad SMARTS) is 1. The van der Waals surface area contributed by atoms with Crippen LogP contribution in [-0.4, -0.2) is 23.8 Å². The fourth-order valence-corrected chi connectivity index (χ4v) is 5.09. The Hall–Kier alpha value is -2.67. The number of aryl methyl sites for hydroxylation is 1. The zero-order valence-electron chi connectivity index (χ0n) is 23.5. The molecule has 1 heterocycles. The van der Waals surface area contributed by atoms with Gasteiger partial charge in [-0.1, -0.05) is 94.2 Å². The molecule has 0 bridgehead atoms. The number of halogens is 1. The monoisotopic (exact) mass is 551 g/mol. The Bertz CT molecular complexity index is 1260. The Morgan fingerprint density at radius 2 is 1.76 bits per heavy atom. The van der Waals surface area contributed by atoms with E-state index in [1.54, 1.807) is 6.08 Å². The highest BCUT2D eigenvalue weighted by Gasteiger charge is 2.37. The second kappa shape index (κ2) is 12.9. The fraction of sp³-hybridized carbons (Fsp3) is 0.419. The molecule has 1 aromatic heterocycles. The molecule has 7 heteroatoms. The molecule has 0 radical (unpaired) electrons. The van der Waals surface area contributed by atoms with Crippen LogP contribution in [0.2, 0.25) is 23.2 Å². The molecular formula is C31H40ClN2O3Si-. The van der Waals surface area contributed by atoms with E-state index in [1.165, 1.54) is 0 Å². The minimum Gasteiger partial charge on any atom is -0.545 e. The van der Waals surface area contributed by atoms with Crippen LogP contribution in [0, 0.1) is 0 Å². The molecule has 0 fully saturated rings.